The maximum absolute atomic E-state index is 14.4. The Kier molecular flexibility index (Phi) is 11.7. The van der Waals surface area contributed by atoms with Gasteiger partial charge in [0.05, 0.1) is 20.6 Å². The number of para-hydroxylation sites is 1. The number of anilines is 1. The number of rotatable bonds is 12. The maximum atomic E-state index is 14.4. The molecule has 1 atom stereocenters. The third-order valence-corrected chi connectivity index (χ3v) is 10.7. The van der Waals surface area contributed by atoms with Crippen LogP contribution in [-0.2, 0) is 32.6 Å². The molecule has 3 aromatic carbocycles. The summed E-state index contributed by atoms with van der Waals surface area (Å²) >= 11 is 12.5. The lowest BCUT2D eigenvalue weighted by atomic mass is 9.95. The van der Waals surface area contributed by atoms with Gasteiger partial charge in [-0.2, -0.15) is 0 Å². The fourth-order valence-corrected chi connectivity index (χ4v) is 7.48. The Morgan fingerprint density at radius 3 is 2.25 bits per heavy atom. The summed E-state index contributed by atoms with van der Waals surface area (Å²) in [4.78, 5) is 29.7. The van der Waals surface area contributed by atoms with Crippen molar-refractivity contribution in [2.45, 2.75) is 89.2 Å². The lowest BCUT2D eigenvalue weighted by Crippen LogP contribution is -2.54. The van der Waals surface area contributed by atoms with E-state index in [1.165, 1.54) is 9.21 Å². The van der Waals surface area contributed by atoms with Crippen molar-refractivity contribution >= 4 is 50.7 Å². The Hall–Kier alpha value is -3.07. The molecule has 1 saturated carbocycles. The van der Waals surface area contributed by atoms with Gasteiger partial charge in [-0.25, -0.2) is 8.42 Å². The second-order valence-electron chi connectivity index (χ2n) is 11.3. The number of amides is 2. The zero-order valence-electron chi connectivity index (χ0n) is 25.6. The summed E-state index contributed by atoms with van der Waals surface area (Å²) in [6, 6.07) is 18.1. The summed E-state index contributed by atoms with van der Waals surface area (Å²) in [5.41, 5.74) is 2.81. The largest absolute Gasteiger partial charge is 0.352 e. The van der Waals surface area contributed by atoms with Crippen LogP contribution in [0.25, 0.3) is 0 Å². The Morgan fingerprint density at radius 1 is 0.932 bits per heavy atom. The van der Waals surface area contributed by atoms with Crippen LogP contribution in [0.15, 0.2) is 71.6 Å². The molecule has 0 spiro atoms. The van der Waals surface area contributed by atoms with E-state index in [2.05, 4.69) is 5.32 Å². The number of carbonyl (C=O) groups is 2. The smallest absolute Gasteiger partial charge is 0.264 e. The normalized spacial score (nSPS) is 14.6. The van der Waals surface area contributed by atoms with Gasteiger partial charge in [0.1, 0.15) is 12.6 Å². The van der Waals surface area contributed by atoms with E-state index in [1.54, 1.807) is 54.6 Å². The van der Waals surface area contributed by atoms with Crippen molar-refractivity contribution in [2.75, 3.05) is 10.8 Å². The predicted octanol–water partition coefficient (Wildman–Crippen LogP) is 7.32. The molecule has 1 unspecified atom stereocenters. The zero-order chi connectivity index (χ0) is 31.9. The molecule has 236 valence electrons. The van der Waals surface area contributed by atoms with Crippen molar-refractivity contribution in [3.05, 3.63) is 93.5 Å². The van der Waals surface area contributed by atoms with Crippen molar-refractivity contribution in [2.24, 2.45) is 0 Å². The van der Waals surface area contributed by atoms with Crippen LogP contribution in [0, 0.1) is 6.92 Å². The number of halogens is 2. The Bertz CT molecular complexity index is 1560. The van der Waals surface area contributed by atoms with Crippen LogP contribution in [0.1, 0.15) is 69.1 Å². The number of nitrogens with zero attached hydrogens (tertiary/aromatic N) is 2. The standard InChI is InChI=1S/C34H41Cl2N3O4S/c1-4-26-11-9-10-14-32(26)39(44(42,43)28-18-15-24(3)16-19-28)23-33(40)38(22-25-17-20-29(35)30(36)21-25)31(5-2)34(41)37-27-12-7-6-8-13-27/h9-11,14-21,27,31H,4-8,12-13,22-23H2,1-3H3,(H,37,41). The average Bonchev–Trinajstić information content (AvgIpc) is 3.02. The van der Waals surface area contributed by atoms with Gasteiger partial charge in [-0.1, -0.05) is 98.3 Å². The molecule has 1 aliphatic rings. The first-order valence-electron chi connectivity index (χ1n) is 15.3. The van der Waals surface area contributed by atoms with Gasteiger partial charge < -0.3 is 10.2 Å². The van der Waals surface area contributed by atoms with E-state index in [9.17, 15) is 18.0 Å². The van der Waals surface area contributed by atoms with Gasteiger partial charge in [-0.05, 0) is 74.1 Å². The molecule has 10 heteroatoms. The first-order chi connectivity index (χ1) is 21.0. The minimum atomic E-state index is -4.15. The van der Waals surface area contributed by atoms with E-state index >= 15 is 0 Å². The quantitative estimate of drug-likeness (QED) is 0.221. The Morgan fingerprint density at radius 2 is 1.61 bits per heavy atom. The molecule has 1 fully saturated rings. The van der Waals surface area contributed by atoms with Crippen LogP contribution in [-0.4, -0.2) is 43.8 Å². The topological polar surface area (TPSA) is 86.8 Å². The molecular weight excluding hydrogens is 617 g/mol. The van der Waals surface area contributed by atoms with E-state index in [0.29, 0.717) is 34.1 Å². The van der Waals surface area contributed by atoms with Crippen LogP contribution in [0.4, 0.5) is 5.69 Å². The highest BCUT2D eigenvalue weighted by atomic mass is 35.5. The Labute approximate surface area is 271 Å². The van der Waals surface area contributed by atoms with Crippen molar-refractivity contribution in [1.29, 1.82) is 0 Å². The van der Waals surface area contributed by atoms with Crippen LogP contribution in [0.2, 0.25) is 10.0 Å². The van der Waals surface area contributed by atoms with Crippen LogP contribution in [0.5, 0.6) is 0 Å². The molecule has 2 amide bonds. The molecule has 4 rings (SSSR count). The molecule has 0 radical (unpaired) electrons. The number of hydrogen-bond donors (Lipinski definition) is 1. The number of benzene rings is 3. The van der Waals surface area contributed by atoms with Gasteiger partial charge in [0, 0.05) is 12.6 Å². The third kappa shape index (κ3) is 8.14. The van der Waals surface area contributed by atoms with Gasteiger partial charge in [0.25, 0.3) is 10.0 Å². The number of hydrogen-bond acceptors (Lipinski definition) is 4. The first-order valence-corrected chi connectivity index (χ1v) is 17.5. The molecule has 1 aliphatic carbocycles. The molecule has 7 nitrogen and oxygen atoms in total. The molecule has 0 bridgehead atoms. The van der Waals surface area contributed by atoms with Crippen molar-refractivity contribution < 1.29 is 18.0 Å². The lowest BCUT2D eigenvalue weighted by molar-refractivity contribution is -0.140. The monoisotopic (exact) mass is 657 g/mol. The van der Waals surface area contributed by atoms with Crippen molar-refractivity contribution in [3.8, 4) is 0 Å². The first kappa shape index (κ1) is 33.8. The fraction of sp³-hybridized carbons (Fsp3) is 0.412. The molecule has 0 aliphatic heterocycles. The summed E-state index contributed by atoms with van der Waals surface area (Å²) in [6.45, 7) is 5.25. The second kappa shape index (κ2) is 15.3. The summed E-state index contributed by atoms with van der Waals surface area (Å²) in [6.07, 6.45) is 5.97. The lowest BCUT2D eigenvalue weighted by Gasteiger charge is -2.35. The van der Waals surface area contributed by atoms with Crippen LogP contribution in [0.3, 0.4) is 0 Å². The van der Waals surface area contributed by atoms with Gasteiger partial charge >= 0.3 is 0 Å². The van der Waals surface area contributed by atoms with Gasteiger partial charge in [-0.3, -0.25) is 13.9 Å². The molecule has 0 aromatic heterocycles. The van der Waals surface area contributed by atoms with Gasteiger partial charge in [-0.15, -0.1) is 0 Å². The van der Waals surface area contributed by atoms with E-state index in [4.69, 9.17) is 23.2 Å². The van der Waals surface area contributed by atoms with E-state index in [1.807, 2.05) is 32.9 Å². The summed E-state index contributed by atoms with van der Waals surface area (Å²) < 4.78 is 29.6. The van der Waals surface area contributed by atoms with E-state index in [-0.39, 0.29) is 23.4 Å². The Balaban J connectivity index is 1.74. The minimum Gasteiger partial charge on any atom is -0.352 e. The summed E-state index contributed by atoms with van der Waals surface area (Å²) in [7, 11) is -4.15. The fourth-order valence-electron chi connectivity index (χ4n) is 5.70. The van der Waals surface area contributed by atoms with E-state index < -0.39 is 28.5 Å². The average molecular weight is 659 g/mol. The molecule has 1 N–H and O–H groups in total. The highest BCUT2D eigenvalue weighted by Crippen LogP contribution is 2.29. The molecule has 0 heterocycles. The minimum absolute atomic E-state index is 0.0557. The maximum Gasteiger partial charge on any atom is 0.264 e. The summed E-state index contributed by atoms with van der Waals surface area (Å²) in [5, 5.41) is 3.87. The van der Waals surface area contributed by atoms with Gasteiger partial charge in [0.15, 0.2) is 0 Å². The predicted molar refractivity (Wildman–Crippen MR) is 178 cm³/mol. The second-order valence-corrected chi connectivity index (χ2v) is 14.0. The molecular formula is C34H41Cl2N3O4S. The highest BCUT2D eigenvalue weighted by molar-refractivity contribution is 7.92. The molecule has 0 saturated heterocycles. The summed E-state index contributed by atoms with van der Waals surface area (Å²) in [5.74, 6) is -0.738. The van der Waals surface area contributed by atoms with Crippen LogP contribution >= 0.6 is 23.2 Å². The SMILES string of the molecule is CCc1ccccc1N(CC(=O)N(Cc1ccc(Cl)c(Cl)c1)C(CC)C(=O)NC1CCCCC1)S(=O)(=O)c1ccc(C)cc1. The third-order valence-electron chi connectivity index (χ3n) is 8.20. The van der Waals surface area contributed by atoms with E-state index in [0.717, 1.165) is 43.2 Å². The molecule has 44 heavy (non-hydrogen) atoms. The number of nitrogens with one attached hydrogen (secondary N) is 1. The highest BCUT2D eigenvalue weighted by Gasteiger charge is 2.35. The molecule has 3 aromatic rings. The van der Waals surface area contributed by atoms with Gasteiger partial charge in [0.2, 0.25) is 11.8 Å². The van der Waals surface area contributed by atoms with Crippen molar-refractivity contribution in [1.82, 2.24) is 10.2 Å². The number of aryl methyl sites for hydroxylation is 2. The zero-order valence-corrected chi connectivity index (χ0v) is 27.9. The number of sulfonamides is 1. The van der Waals surface area contributed by atoms with Crippen LogP contribution < -0.4 is 9.62 Å². The van der Waals surface area contributed by atoms with Crippen molar-refractivity contribution in [3.63, 3.8) is 0 Å². The number of carbonyl (C=O) groups excluding carboxylic acids is 2.